The summed E-state index contributed by atoms with van der Waals surface area (Å²) in [5, 5.41) is 0. The molecule has 1 unspecified atom stereocenters. The molecule has 2 N–H and O–H groups in total. The molecule has 0 heterocycles. The predicted octanol–water partition coefficient (Wildman–Crippen LogP) is 15.7. The second kappa shape index (κ2) is 34.6. The molecule has 0 spiro atoms. The molecule has 0 saturated heterocycles. The Bertz CT molecular complexity index is 532. The third-order valence-corrected chi connectivity index (χ3v) is 11.3. The Morgan fingerprint density at radius 2 is 0.523 bits per heavy atom. The number of nitrogens with two attached hydrogens (primary N) is 1. The van der Waals surface area contributed by atoms with Gasteiger partial charge in [-0.1, -0.05) is 240 Å². The summed E-state index contributed by atoms with van der Waals surface area (Å²) < 4.78 is 0. The highest BCUT2D eigenvalue weighted by molar-refractivity contribution is 5.85. The van der Waals surface area contributed by atoms with Crippen LogP contribution in [0.25, 0.3) is 0 Å². The van der Waals surface area contributed by atoms with E-state index >= 15 is 0 Å². The van der Waals surface area contributed by atoms with Crippen LogP contribution in [-0.4, -0.2) is 6.54 Å². The third kappa shape index (κ3) is 28.5. The van der Waals surface area contributed by atoms with Crippen LogP contribution >= 0.6 is 12.4 Å². The van der Waals surface area contributed by atoms with Gasteiger partial charge in [-0.05, 0) is 30.2 Å². The molecule has 0 aliphatic carbocycles. The van der Waals surface area contributed by atoms with Crippen LogP contribution in [-0.2, 0) is 0 Å². The van der Waals surface area contributed by atoms with Gasteiger partial charge in [0.2, 0.25) is 0 Å². The molecular weight excluding hydrogens is 554 g/mol. The maximum absolute atomic E-state index is 6.42. The fourth-order valence-corrected chi connectivity index (χ4v) is 7.20. The van der Waals surface area contributed by atoms with Gasteiger partial charge >= 0.3 is 0 Å². The number of halogens is 1. The zero-order valence-corrected chi connectivity index (χ0v) is 32.6. The summed E-state index contributed by atoms with van der Waals surface area (Å²) in [5.41, 5.74) is 7.07. The fourth-order valence-electron chi connectivity index (χ4n) is 7.20. The zero-order valence-electron chi connectivity index (χ0n) is 31.7. The van der Waals surface area contributed by atoms with Crippen molar-refractivity contribution in [1.82, 2.24) is 0 Å². The van der Waals surface area contributed by atoms with Gasteiger partial charge < -0.3 is 5.73 Å². The summed E-state index contributed by atoms with van der Waals surface area (Å²) >= 11 is 0. The maximum Gasteiger partial charge on any atom is -0.00181 e. The lowest BCUT2D eigenvalue weighted by molar-refractivity contribution is 0.0703. The summed E-state index contributed by atoms with van der Waals surface area (Å²) in [7, 11) is 0. The summed E-state index contributed by atoms with van der Waals surface area (Å²) in [6.07, 6.45) is 49.0. The Morgan fingerprint density at radius 3 is 0.750 bits per heavy atom. The first-order chi connectivity index (χ1) is 20.9. The lowest BCUT2D eigenvalue weighted by Gasteiger charge is -2.44. The number of hydrogen-bond donors (Lipinski definition) is 1. The molecule has 0 bridgehead atoms. The summed E-state index contributed by atoms with van der Waals surface area (Å²) in [6.45, 7) is 13.0. The Balaban J connectivity index is 0. The van der Waals surface area contributed by atoms with Crippen LogP contribution in [0.15, 0.2) is 0 Å². The van der Waals surface area contributed by atoms with E-state index < -0.39 is 0 Å². The van der Waals surface area contributed by atoms with Crippen molar-refractivity contribution in [2.45, 2.75) is 253 Å². The lowest BCUT2D eigenvalue weighted by Crippen LogP contribution is -2.41. The highest BCUT2D eigenvalue weighted by Gasteiger charge is 2.38. The van der Waals surface area contributed by atoms with E-state index in [1.807, 2.05) is 0 Å². The first kappa shape index (κ1) is 46.4. The second-order valence-corrected chi connectivity index (χ2v) is 15.8. The van der Waals surface area contributed by atoms with Gasteiger partial charge in [-0.25, -0.2) is 0 Å². The van der Waals surface area contributed by atoms with Gasteiger partial charge in [0, 0.05) is 0 Å². The van der Waals surface area contributed by atoms with Gasteiger partial charge in [-0.15, -0.1) is 12.4 Å². The van der Waals surface area contributed by atoms with Crippen LogP contribution < -0.4 is 5.73 Å². The van der Waals surface area contributed by atoms with Gasteiger partial charge in [0.25, 0.3) is 0 Å². The van der Waals surface area contributed by atoms with Gasteiger partial charge in [-0.2, -0.15) is 0 Å². The van der Waals surface area contributed by atoms with Crippen molar-refractivity contribution in [1.29, 1.82) is 0 Å². The Hall–Kier alpha value is 0.250. The summed E-state index contributed by atoms with van der Waals surface area (Å²) in [6, 6.07) is 0. The van der Waals surface area contributed by atoms with E-state index in [0.717, 1.165) is 6.54 Å². The van der Waals surface area contributed by atoms with Crippen LogP contribution in [0, 0.1) is 10.8 Å². The highest BCUT2D eigenvalue weighted by atomic mass is 35.5. The predicted molar refractivity (Wildman–Crippen MR) is 207 cm³/mol. The molecule has 0 saturated carbocycles. The van der Waals surface area contributed by atoms with Crippen LogP contribution in [0.5, 0.6) is 0 Å². The van der Waals surface area contributed by atoms with E-state index in [1.165, 1.54) is 218 Å². The SMILES string of the molecule is CCCCCCCCCCCCCCCCCCC(C)(C)C(C)(CN)CCCCCCCCCCCCCCCCCC.Cl. The van der Waals surface area contributed by atoms with Crippen molar-refractivity contribution in [2.24, 2.45) is 16.6 Å². The molecule has 1 nitrogen and oxygen atoms in total. The topological polar surface area (TPSA) is 26.0 Å². The van der Waals surface area contributed by atoms with E-state index in [1.54, 1.807) is 0 Å². The van der Waals surface area contributed by atoms with Crippen LogP contribution in [0.2, 0.25) is 0 Å². The van der Waals surface area contributed by atoms with Crippen LogP contribution in [0.4, 0.5) is 0 Å². The highest BCUT2D eigenvalue weighted by Crippen LogP contribution is 2.45. The number of hydrogen-bond acceptors (Lipinski definition) is 1. The molecule has 0 rings (SSSR count). The monoisotopic (exact) mass is 642 g/mol. The molecule has 0 aliphatic rings. The van der Waals surface area contributed by atoms with E-state index in [0.29, 0.717) is 10.8 Å². The van der Waals surface area contributed by atoms with E-state index in [4.69, 9.17) is 5.73 Å². The van der Waals surface area contributed by atoms with Crippen molar-refractivity contribution < 1.29 is 0 Å². The summed E-state index contributed by atoms with van der Waals surface area (Å²) in [4.78, 5) is 0. The van der Waals surface area contributed by atoms with Crippen LogP contribution in [0.1, 0.15) is 253 Å². The maximum atomic E-state index is 6.42. The van der Waals surface area contributed by atoms with Crippen molar-refractivity contribution in [3.63, 3.8) is 0 Å². The first-order valence-electron chi connectivity index (χ1n) is 20.6. The first-order valence-corrected chi connectivity index (χ1v) is 20.6. The Morgan fingerprint density at radius 1 is 0.318 bits per heavy atom. The summed E-state index contributed by atoms with van der Waals surface area (Å²) in [5.74, 6) is 0. The normalized spacial score (nSPS) is 13.2. The largest absolute Gasteiger partial charge is 0.330 e. The van der Waals surface area contributed by atoms with E-state index in [-0.39, 0.29) is 12.4 Å². The molecule has 2 heteroatoms. The molecule has 44 heavy (non-hydrogen) atoms. The molecule has 268 valence electrons. The minimum absolute atomic E-state index is 0. The van der Waals surface area contributed by atoms with Gasteiger partial charge in [0.15, 0.2) is 0 Å². The van der Waals surface area contributed by atoms with Gasteiger partial charge in [-0.3, -0.25) is 0 Å². The lowest BCUT2D eigenvalue weighted by atomic mass is 9.62. The van der Waals surface area contributed by atoms with Gasteiger partial charge in [0.05, 0.1) is 0 Å². The molecule has 0 aliphatic heterocycles. The molecule has 1 atom stereocenters. The molecule has 0 amide bonds. The standard InChI is InChI=1S/C42H87N.ClH/c1-6-8-10-12-14-16-18-20-22-24-26-28-30-32-34-36-38-41(3,4)42(5,40-43)39-37-35-33-31-29-27-25-23-21-19-17-15-13-11-9-7-2;/h6-40,43H2,1-5H3;1H. The number of rotatable bonds is 36. The van der Waals surface area contributed by atoms with Crippen molar-refractivity contribution in [2.75, 3.05) is 6.54 Å². The Kier molecular flexibility index (Phi) is 36.4. The quantitative estimate of drug-likeness (QED) is 0.0676. The molecule has 0 radical (unpaired) electrons. The van der Waals surface area contributed by atoms with E-state index in [9.17, 15) is 0 Å². The smallest absolute Gasteiger partial charge is 0.00181 e. The minimum Gasteiger partial charge on any atom is -0.330 e. The third-order valence-electron chi connectivity index (χ3n) is 11.3. The van der Waals surface area contributed by atoms with Crippen molar-refractivity contribution >= 4 is 12.4 Å². The average molecular weight is 643 g/mol. The molecule has 0 aromatic rings. The molecule has 0 aromatic carbocycles. The van der Waals surface area contributed by atoms with Gasteiger partial charge in [0.1, 0.15) is 0 Å². The average Bonchev–Trinajstić information content (AvgIpc) is 3.00. The molecule has 0 aromatic heterocycles. The Labute approximate surface area is 287 Å². The number of unbranched alkanes of at least 4 members (excludes halogenated alkanes) is 30. The fraction of sp³-hybridized carbons (Fsp3) is 1.00. The van der Waals surface area contributed by atoms with Crippen molar-refractivity contribution in [3.05, 3.63) is 0 Å². The van der Waals surface area contributed by atoms with E-state index in [2.05, 4.69) is 34.6 Å². The van der Waals surface area contributed by atoms with Crippen LogP contribution in [0.3, 0.4) is 0 Å². The second-order valence-electron chi connectivity index (χ2n) is 15.8. The minimum atomic E-state index is 0. The van der Waals surface area contributed by atoms with Crippen molar-refractivity contribution in [3.8, 4) is 0 Å². The zero-order chi connectivity index (χ0) is 31.7. The molecule has 0 fully saturated rings. The molecular formula is C42H88ClN.